The van der Waals surface area contributed by atoms with Crippen LogP contribution in [0, 0.1) is 0 Å². The van der Waals surface area contributed by atoms with Crippen LogP contribution in [0.4, 0.5) is 5.69 Å². The Morgan fingerprint density at radius 1 is 1.10 bits per heavy atom. The summed E-state index contributed by atoms with van der Waals surface area (Å²) in [6, 6.07) is 15.7. The zero-order valence-electron chi connectivity index (χ0n) is 16.6. The molecule has 30 heavy (non-hydrogen) atoms. The first-order chi connectivity index (χ1) is 14.6. The summed E-state index contributed by atoms with van der Waals surface area (Å²) in [5.74, 6) is 1.05. The number of hydrogen-bond acceptors (Lipinski definition) is 5. The number of guanidine groups is 1. The predicted molar refractivity (Wildman–Crippen MR) is 117 cm³/mol. The molecule has 3 aromatic rings. The van der Waals surface area contributed by atoms with Crippen molar-refractivity contribution in [1.29, 1.82) is 0 Å². The summed E-state index contributed by atoms with van der Waals surface area (Å²) in [6.07, 6.45) is 3.40. The number of carbonyl (C=O) groups excluding carboxylic acids is 1. The number of aromatic nitrogens is 1. The quantitative estimate of drug-likeness (QED) is 0.458. The lowest BCUT2D eigenvalue weighted by Gasteiger charge is -2.15. The van der Waals surface area contributed by atoms with Gasteiger partial charge in [0.25, 0.3) is 5.91 Å². The molecule has 0 unspecified atom stereocenters. The Balaban J connectivity index is 1.87. The van der Waals surface area contributed by atoms with Gasteiger partial charge >= 0.3 is 0 Å². The van der Waals surface area contributed by atoms with Crippen molar-refractivity contribution in [2.75, 3.05) is 19.5 Å². The lowest BCUT2D eigenvalue weighted by Crippen LogP contribution is -2.36. The number of methoxy groups -OCH3 is 2. The molecule has 1 heterocycles. The predicted octanol–water partition coefficient (Wildman–Crippen LogP) is 4.15. The van der Waals surface area contributed by atoms with Gasteiger partial charge in [0.15, 0.2) is 0 Å². The minimum Gasteiger partial charge on any atom is -0.497 e. The second kappa shape index (κ2) is 10.3. The third kappa shape index (κ3) is 5.71. The Morgan fingerprint density at radius 2 is 1.97 bits per heavy atom. The van der Waals surface area contributed by atoms with E-state index in [1.807, 2.05) is 12.1 Å². The van der Waals surface area contributed by atoms with Gasteiger partial charge in [0.1, 0.15) is 11.5 Å². The Hall–Kier alpha value is -3.58. The van der Waals surface area contributed by atoms with E-state index in [2.05, 4.69) is 20.6 Å². The Bertz CT molecular complexity index is 1040. The number of hydrogen-bond donors (Lipinski definition) is 2. The highest BCUT2D eigenvalue weighted by atomic mass is 35.5. The topological polar surface area (TPSA) is 84.8 Å². The number of ether oxygens (including phenoxy) is 2. The molecule has 3 rings (SSSR count). The van der Waals surface area contributed by atoms with Gasteiger partial charge in [-0.1, -0.05) is 23.7 Å². The van der Waals surface area contributed by atoms with Gasteiger partial charge in [0.05, 0.1) is 26.5 Å². The largest absolute Gasteiger partial charge is 0.497 e. The molecule has 0 aliphatic rings. The number of nitrogens with one attached hydrogen (secondary N) is 2. The highest BCUT2D eigenvalue weighted by molar-refractivity contribution is 6.31. The molecule has 0 spiro atoms. The van der Waals surface area contributed by atoms with Gasteiger partial charge in [-0.2, -0.15) is 0 Å². The fraction of sp³-hybridized carbons (Fsp3) is 0.136. The van der Waals surface area contributed by atoms with Crippen LogP contribution in [0.5, 0.6) is 11.5 Å². The Morgan fingerprint density at radius 3 is 2.70 bits per heavy atom. The summed E-state index contributed by atoms with van der Waals surface area (Å²) in [5.41, 5.74) is 1.90. The molecule has 0 atom stereocenters. The molecule has 1 amide bonds. The summed E-state index contributed by atoms with van der Waals surface area (Å²) >= 11 is 6.12. The Kier molecular flexibility index (Phi) is 7.24. The lowest BCUT2D eigenvalue weighted by molar-refractivity contribution is 0.0976. The molecule has 7 nitrogen and oxygen atoms in total. The van der Waals surface area contributed by atoms with Crippen LogP contribution >= 0.6 is 11.6 Å². The molecular weight excluding hydrogens is 404 g/mol. The van der Waals surface area contributed by atoms with E-state index < -0.39 is 0 Å². The van der Waals surface area contributed by atoms with Gasteiger partial charge in [-0.05, 0) is 48.0 Å². The number of pyridine rings is 1. The molecule has 0 saturated heterocycles. The van der Waals surface area contributed by atoms with E-state index in [4.69, 9.17) is 21.1 Å². The summed E-state index contributed by atoms with van der Waals surface area (Å²) in [6.45, 7) is 0.317. The average Bonchev–Trinajstić information content (AvgIpc) is 2.78. The first-order valence-electron chi connectivity index (χ1n) is 9.08. The summed E-state index contributed by atoms with van der Waals surface area (Å²) in [4.78, 5) is 21.4. The number of halogens is 1. The second-order valence-corrected chi connectivity index (χ2v) is 6.62. The zero-order chi connectivity index (χ0) is 21.3. The van der Waals surface area contributed by atoms with Crippen LogP contribution in [0.3, 0.4) is 0 Å². The highest BCUT2D eigenvalue weighted by Crippen LogP contribution is 2.27. The fourth-order valence-corrected chi connectivity index (χ4v) is 2.79. The van der Waals surface area contributed by atoms with E-state index >= 15 is 0 Å². The van der Waals surface area contributed by atoms with Crippen LogP contribution < -0.4 is 20.1 Å². The van der Waals surface area contributed by atoms with E-state index in [1.54, 1.807) is 69.1 Å². The molecule has 0 aliphatic heterocycles. The van der Waals surface area contributed by atoms with Gasteiger partial charge in [-0.25, -0.2) is 4.99 Å². The van der Waals surface area contributed by atoms with E-state index in [0.29, 0.717) is 34.3 Å². The normalized spacial score (nSPS) is 11.0. The molecule has 1 aromatic heterocycles. The number of anilines is 1. The van der Waals surface area contributed by atoms with Crippen LogP contribution in [-0.4, -0.2) is 31.1 Å². The van der Waals surface area contributed by atoms with Gasteiger partial charge < -0.3 is 14.8 Å². The van der Waals surface area contributed by atoms with Crippen LogP contribution in [0.15, 0.2) is 72.0 Å². The number of aliphatic imine (C=N–C) groups is 1. The smallest absolute Gasteiger partial charge is 0.258 e. The van der Waals surface area contributed by atoms with Crippen molar-refractivity contribution in [3.63, 3.8) is 0 Å². The first-order valence-corrected chi connectivity index (χ1v) is 9.46. The zero-order valence-corrected chi connectivity index (χ0v) is 17.3. The van der Waals surface area contributed by atoms with Crippen LogP contribution in [0.2, 0.25) is 5.02 Å². The van der Waals surface area contributed by atoms with Crippen molar-refractivity contribution in [2.45, 2.75) is 6.54 Å². The second-order valence-electron chi connectivity index (χ2n) is 6.18. The van der Waals surface area contributed by atoms with Crippen molar-refractivity contribution in [1.82, 2.24) is 10.3 Å². The third-order valence-electron chi connectivity index (χ3n) is 4.12. The number of amides is 1. The maximum atomic E-state index is 12.8. The van der Waals surface area contributed by atoms with Crippen molar-refractivity contribution < 1.29 is 14.3 Å². The average molecular weight is 425 g/mol. The third-order valence-corrected chi connectivity index (χ3v) is 4.36. The van der Waals surface area contributed by atoms with E-state index in [0.717, 1.165) is 5.56 Å². The summed E-state index contributed by atoms with van der Waals surface area (Å²) < 4.78 is 10.6. The van der Waals surface area contributed by atoms with Crippen molar-refractivity contribution >= 4 is 29.2 Å². The number of nitrogens with zero attached hydrogens (tertiary/aromatic N) is 2. The van der Waals surface area contributed by atoms with Gasteiger partial charge in [-0.3, -0.25) is 15.1 Å². The molecule has 2 N–H and O–H groups in total. The molecule has 0 bridgehead atoms. The minimum absolute atomic E-state index is 0.243. The van der Waals surface area contributed by atoms with Crippen molar-refractivity contribution in [2.24, 2.45) is 4.99 Å². The lowest BCUT2D eigenvalue weighted by atomic mass is 10.2. The van der Waals surface area contributed by atoms with Crippen molar-refractivity contribution in [3.8, 4) is 11.5 Å². The fourth-order valence-electron chi connectivity index (χ4n) is 2.62. The number of benzene rings is 2. The van der Waals surface area contributed by atoms with Gasteiger partial charge in [0, 0.05) is 23.0 Å². The molecule has 154 valence electrons. The van der Waals surface area contributed by atoms with Crippen LogP contribution in [-0.2, 0) is 6.54 Å². The first kappa shape index (κ1) is 21.1. The van der Waals surface area contributed by atoms with Crippen molar-refractivity contribution in [3.05, 3.63) is 83.1 Å². The summed E-state index contributed by atoms with van der Waals surface area (Å²) in [5, 5.41) is 6.41. The maximum Gasteiger partial charge on any atom is 0.258 e. The minimum atomic E-state index is -0.340. The molecule has 0 saturated carbocycles. The molecule has 0 fully saturated rings. The molecule has 0 radical (unpaired) electrons. The number of rotatable bonds is 6. The SMILES string of the molecule is COc1cccc(C(=O)NC(=NCc2cccnc2)Nc2cc(Cl)ccc2OC)c1. The summed E-state index contributed by atoms with van der Waals surface area (Å²) in [7, 11) is 3.10. The Labute approximate surface area is 179 Å². The van der Waals surface area contributed by atoms with E-state index in [9.17, 15) is 4.79 Å². The monoisotopic (exact) mass is 424 g/mol. The molecule has 8 heteroatoms. The maximum absolute atomic E-state index is 12.8. The molecule has 0 aliphatic carbocycles. The standard InChI is InChI=1S/C22H21ClN4O3/c1-29-18-7-3-6-16(11-18)21(28)27-22(25-14-15-5-4-10-24-13-15)26-19-12-17(23)8-9-20(19)30-2/h3-13H,14H2,1-2H3,(H2,25,26,27,28). The van der Waals surface area contributed by atoms with Gasteiger partial charge in [-0.15, -0.1) is 0 Å². The molecule has 2 aromatic carbocycles. The number of carbonyl (C=O) groups is 1. The van der Waals surface area contributed by atoms with E-state index in [-0.39, 0.29) is 11.9 Å². The van der Waals surface area contributed by atoms with E-state index in [1.165, 1.54) is 0 Å². The highest BCUT2D eigenvalue weighted by Gasteiger charge is 2.13. The van der Waals surface area contributed by atoms with Gasteiger partial charge in [0.2, 0.25) is 5.96 Å². The molecular formula is C22H21ClN4O3. The van der Waals surface area contributed by atoms with Crippen LogP contribution in [0.1, 0.15) is 15.9 Å². The van der Waals surface area contributed by atoms with Crippen LogP contribution in [0.25, 0.3) is 0 Å².